The van der Waals surface area contributed by atoms with E-state index in [1.165, 1.54) is 6.33 Å². The van der Waals surface area contributed by atoms with Crippen molar-refractivity contribution in [3.8, 4) is 5.75 Å². The number of phenols is 1. The highest BCUT2D eigenvalue weighted by Gasteiger charge is 2.11. The Morgan fingerprint density at radius 2 is 1.77 bits per heavy atom. The number of aromatic nitrogens is 4. The average Bonchev–Trinajstić information content (AvgIpc) is 2.50. The van der Waals surface area contributed by atoms with Gasteiger partial charge in [0.25, 0.3) is 0 Å². The van der Waals surface area contributed by atoms with Crippen molar-refractivity contribution in [1.82, 2.24) is 19.9 Å². The predicted molar refractivity (Wildman–Crippen MR) is 85.4 cm³/mol. The summed E-state index contributed by atoms with van der Waals surface area (Å²) in [5.41, 5.74) is 2.02. The molecule has 0 spiro atoms. The van der Waals surface area contributed by atoms with Gasteiger partial charge in [-0.2, -0.15) is 4.98 Å². The maximum Gasteiger partial charge on any atom is 0.225 e. The summed E-state index contributed by atoms with van der Waals surface area (Å²) in [6.45, 7) is 0.620. The topological polar surface area (TPSA) is 83.8 Å². The van der Waals surface area contributed by atoms with Crippen molar-refractivity contribution in [2.24, 2.45) is 0 Å². The van der Waals surface area contributed by atoms with Gasteiger partial charge in [-0.3, -0.25) is 0 Å². The summed E-state index contributed by atoms with van der Waals surface area (Å²) in [4.78, 5) is 16.2. The summed E-state index contributed by atoms with van der Waals surface area (Å²) < 4.78 is 0. The van der Waals surface area contributed by atoms with Gasteiger partial charge in [0.2, 0.25) is 5.28 Å². The third-order valence-corrected chi connectivity index (χ3v) is 3.50. The fourth-order valence-electron chi connectivity index (χ4n) is 2.00. The minimum Gasteiger partial charge on any atom is -0.508 e. The number of halogens is 2. The largest absolute Gasteiger partial charge is 0.508 e. The Bertz CT molecular complexity index is 810. The second-order valence-corrected chi connectivity index (χ2v) is 5.24. The van der Waals surface area contributed by atoms with Crippen LogP contribution in [-0.4, -0.2) is 31.6 Å². The van der Waals surface area contributed by atoms with Crippen LogP contribution in [-0.2, 0) is 6.42 Å². The molecule has 0 aliphatic heterocycles. The number of hydrogen-bond donors (Lipinski definition) is 2. The van der Waals surface area contributed by atoms with Gasteiger partial charge in [0.05, 0.1) is 0 Å². The number of aromatic hydroxyl groups is 1. The van der Waals surface area contributed by atoms with E-state index in [0.717, 1.165) is 12.0 Å². The van der Waals surface area contributed by atoms with E-state index in [1.54, 1.807) is 12.1 Å². The Labute approximate surface area is 136 Å². The molecule has 2 aromatic heterocycles. The number of fused-ring (bicyclic) bond motifs is 1. The molecular weight excluding hydrogens is 325 g/mol. The molecule has 0 saturated carbocycles. The molecule has 0 aliphatic rings. The van der Waals surface area contributed by atoms with Crippen molar-refractivity contribution in [1.29, 1.82) is 0 Å². The molecule has 3 rings (SSSR count). The van der Waals surface area contributed by atoms with Crippen LogP contribution in [0.2, 0.25) is 10.4 Å². The van der Waals surface area contributed by atoms with Crippen LogP contribution in [0.4, 0.5) is 5.82 Å². The van der Waals surface area contributed by atoms with Crippen LogP contribution in [0.15, 0.2) is 30.6 Å². The van der Waals surface area contributed by atoms with Crippen molar-refractivity contribution in [2.75, 3.05) is 11.9 Å². The minimum absolute atomic E-state index is 0.0799. The van der Waals surface area contributed by atoms with Crippen molar-refractivity contribution >= 4 is 40.1 Å². The Balaban J connectivity index is 1.79. The first-order chi connectivity index (χ1) is 10.6. The van der Waals surface area contributed by atoms with Crippen LogP contribution in [0.3, 0.4) is 0 Å². The first-order valence-corrected chi connectivity index (χ1v) is 7.24. The fraction of sp³-hybridized carbons (Fsp3) is 0.143. The molecule has 0 aliphatic carbocycles. The summed E-state index contributed by atoms with van der Waals surface area (Å²) in [5.74, 6) is 0.759. The van der Waals surface area contributed by atoms with Gasteiger partial charge in [0, 0.05) is 6.54 Å². The molecule has 2 N–H and O–H groups in total. The maximum absolute atomic E-state index is 9.26. The molecule has 6 nitrogen and oxygen atoms in total. The quantitative estimate of drug-likeness (QED) is 0.563. The zero-order valence-corrected chi connectivity index (χ0v) is 12.8. The average molecular weight is 336 g/mol. The van der Waals surface area contributed by atoms with Gasteiger partial charge in [-0.05, 0) is 35.7 Å². The molecule has 0 amide bonds. The van der Waals surface area contributed by atoms with Crippen molar-refractivity contribution in [3.63, 3.8) is 0 Å². The minimum atomic E-state index is 0.0799. The van der Waals surface area contributed by atoms with E-state index in [2.05, 4.69) is 25.3 Å². The van der Waals surface area contributed by atoms with E-state index in [1.807, 2.05) is 12.1 Å². The molecular formula is C14H11Cl2N5O. The Hall–Kier alpha value is -2.18. The normalized spacial score (nSPS) is 10.8. The zero-order valence-electron chi connectivity index (χ0n) is 11.3. The molecule has 0 unspecified atom stereocenters. The molecule has 0 radical (unpaired) electrons. The highest BCUT2D eigenvalue weighted by molar-refractivity contribution is 6.34. The molecule has 2 heterocycles. The number of hydrogen-bond acceptors (Lipinski definition) is 6. The maximum atomic E-state index is 9.26. The lowest BCUT2D eigenvalue weighted by molar-refractivity contribution is 0.475. The Morgan fingerprint density at radius 1 is 1.00 bits per heavy atom. The SMILES string of the molecule is Oc1ccc(CCNc2nc(Cl)nc3c(Cl)ncnc23)cc1. The van der Waals surface area contributed by atoms with Crippen LogP contribution < -0.4 is 5.32 Å². The first-order valence-electron chi connectivity index (χ1n) is 6.49. The van der Waals surface area contributed by atoms with Gasteiger partial charge >= 0.3 is 0 Å². The molecule has 22 heavy (non-hydrogen) atoms. The predicted octanol–water partition coefficient (Wildman–Crippen LogP) is 3.09. The number of benzene rings is 1. The molecule has 1 aromatic carbocycles. The molecule has 3 aromatic rings. The van der Waals surface area contributed by atoms with E-state index in [-0.39, 0.29) is 16.2 Å². The monoisotopic (exact) mass is 335 g/mol. The van der Waals surface area contributed by atoms with E-state index in [4.69, 9.17) is 23.2 Å². The fourth-order valence-corrected chi connectivity index (χ4v) is 2.35. The first kappa shape index (κ1) is 14.7. The number of anilines is 1. The van der Waals surface area contributed by atoms with Crippen LogP contribution in [0.5, 0.6) is 5.75 Å². The van der Waals surface area contributed by atoms with E-state index < -0.39 is 0 Å². The molecule has 0 bridgehead atoms. The smallest absolute Gasteiger partial charge is 0.225 e. The number of nitrogens with one attached hydrogen (secondary N) is 1. The zero-order chi connectivity index (χ0) is 15.5. The van der Waals surface area contributed by atoms with E-state index >= 15 is 0 Å². The number of rotatable bonds is 4. The van der Waals surface area contributed by atoms with E-state index in [0.29, 0.717) is 23.4 Å². The van der Waals surface area contributed by atoms with Gasteiger partial charge in [-0.15, -0.1) is 0 Å². The van der Waals surface area contributed by atoms with Gasteiger partial charge in [-0.1, -0.05) is 23.7 Å². The molecule has 0 saturated heterocycles. The standard InChI is InChI=1S/C14H11Cl2N5O/c15-12-10-11(18-7-19-12)13(21-14(16)20-10)17-6-5-8-1-3-9(22)4-2-8/h1-4,7,22H,5-6H2,(H,17,20,21). The van der Waals surface area contributed by atoms with Gasteiger partial charge in [-0.25, -0.2) is 15.0 Å². The second kappa shape index (κ2) is 6.29. The summed E-state index contributed by atoms with van der Waals surface area (Å²) in [6.07, 6.45) is 2.11. The number of phenolic OH excluding ortho intramolecular Hbond substituents is 1. The summed E-state index contributed by atoms with van der Waals surface area (Å²) in [7, 11) is 0. The van der Waals surface area contributed by atoms with Crippen LogP contribution in [0.25, 0.3) is 11.0 Å². The lowest BCUT2D eigenvalue weighted by Crippen LogP contribution is -2.08. The van der Waals surface area contributed by atoms with E-state index in [9.17, 15) is 5.11 Å². The van der Waals surface area contributed by atoms with Crippen LogP contribution in [0, 0.1) is 0 Å². The molecule has 112 valence electrons. The van der Waals surface area contributed by atoms with Crippen LogP contribution >= 0.6 is 23.2 Å². The third-order valence-electron chi connectivity index (χ3n) is 3.05. The Morgan fingerprint density at radius 3 is 2.55 bits per heavy atom. The lowest BCUT2D eigenvalue weighted by atomic mass is 10.1. The van der Waals surface area contributed by atoms with Crippen molar-refractivity contribution in [3.05, 3.63) is 46.6 Å². The summed E-state index contributed by atoms with van der Waals surface area (Å²) in [5, 5.41) is 12.7. The van der Waals surface area contributed by atoms with Gasteiger partial charge in [0.15, 0.2) is 11.0 Å². The third kappa shape index (κ3) is 3.18. The van der Waals surface area contributed by atoms with Crippen LogP contribution in [0.1, 0.15) is 5.56 Å². The Kier molecular flexibility index (Phi) is 4.22. The molecule has 8 heteroatoms. The highest BCUT2D eigenvalue weighted by Crippen LogP contribution is 2.24. The van der Waals surface area contributed by atoms with Gasteiger partial charge in [0.1, 0.15) is 23.1 Å². The lowest BCUT2D eigenvalue weighted by Gasteiger charge is -2.08. The molecule has 0 atom stereocenters. The number of nitrogens with zero attached hydrogens (tertiary/aromatic N) is 4. The highest BCUT2D eigenvalue weighted by atomic mass is 35.5. The van der Waals surface area contributed by atoms with Crippen molar-refractivity contribution in [2.45, 2.75) is 6.42 Å². The summed E-state index contributed by atoms with van der Waals surface area (Å²) >= 11 is 11.9. The van der Waals surface area contributed by atoms with Crippen molar-refractivity contribution < 1.29 is 5.11 Å². The summed E-state index contributed by atoms with van der Waals surface area (Å²) in [6, 6.07) is 7.03. The second-order valence-electron chi connectivity index (χ2n) is 4.55. The molecule has 0 fully saturated rings. The van der Waals surface area contributed by atoms with Gasteiger partial charge < -0.3 is 10.4 Å².